The number of piperidine rings is 1. The molecule has 1 saturated carbocycles. The van der Waals surface area contributed by atoms with E-state index >= 15 is 0 Å². The van der Waals surface area contributed by atoms with Crippen LogP contribution >= 0.6 is 0 Å². The fraction of sp³-hybridized carbons (Fsp3) is 0.818. The van der Waals surface area contributed by atoms with Crippen molar-refractivity contribution in [2.75, 3.05) is 19.6 Å². The van der Waals surface area contributed by atoms with E-state index in [9.17, 15) is 9.59 Å². The maximum absolute atomic E-state index is 11.5. The van der Waals surface area contributed by atoms with Crippen LogP contribution in [-0.2, 0) is 9.59 Å². The lowest BCUT2D eigenvalue weighted by atomic mass is 9.99. The third kappa shape index (κ3) is 3.02. The zero-order valence-corrected chi connectivity index (χ0v) is 9.16. The first-order chi connectivity index (χ1) is 7.15. The van der Waals surface area contributed by atoms with E-state index in [1.807, 2.05) is 6.92 Å². The van der Waals surface area contributed by atoms with Crippen LogP contribution in [0.1, 0.15) is 26.2 Å². The van der Waals surface area contributed by atoms with Gasteiger partial charge in [0.1, 0.15) is 5.78 Å². The highest BCUT2D eigenvalue weighted by atomic mass is 16.2. The predicted molar refractivity (Wildman–Crippen MR) is 56.4 cm³/mol. The van der Waals surface area contributed by atoms with Gasteiger partial charge in [-0.15, -0.1) is 0 Å². The second-order valence-electron chi connectivity index (χ2n) is 4.69. The number of likely N-dealkylation sites (tertiary alicyclic amines) is 1. The smallest absolute Gasteiger partial charge is 0.234 e. The number of nitrogens with one attached hydrogen (secondary N) is 1. The topological polar surface area (TPSA) is 49.4 Å². The molecule has 0 aromatic carbocycles. The lowest BCUT2D eigenvalue weighted by molar-refractivity contribution is -0.129. The molecule has 0 radical (unpaired) electrons. The molecule has 0 aromatic rings. The van der Waals surface area contributed by atoms with Crippen LogP contribution in [0.15, 0.2) is 0 Å². The number of ketones is 1. The number of Topliss-reactive ketones (excluding diaryl/α,β-unsaturated/α-hetero) is 1. The Labute approximate surface area is 90.0 Å². The number of rotatable bonds is 3. The molecule has 2 aliphatic rings. The monoisotopic (exact) mass is 210 g/mol. The van der Waals surface area contributed by atoms with Gasteiger partial charge in [-0.05, 0) is 12.8 Å². The average molecular weight is 210 g/mol. The lowest BCUT2D eigenvalue weighted by Crippen LogP contribution is -2.45. The summed E-state index contributed by atoms with van der Waals surface area (Å²) >= 11 is 0. The van der Waals surface area contributed by atoms with Gasteiger partial charge in [-0.1, -0.05) is 6.92 Å². The Kier molecular flexibility index (Phi) is 3.05. The third-order valence-corrected chi connectivity index (χ3v) is 3.07. The molecule has 1 saturated heterocycles. The normalized spacial score (nSPS) is 27.8. The number of amides is 1. The number of carbonyl (C=O) groups excluding carboxylic acids is 2. The van der Waals surface area contributed by atoms with Crippen molar-refractivity contribution in [1.29, 1.82) is 0 Å². The summed E-state index contributed by atoms with van der Waals surface area (Å²) in [5, 5.41) is 2.96. The fourth-order valence-electron chi connectivity index (χ4n) is 1.94. The largest absolute Gasteiger partial charge is 0.352 e. The molecule has 1 amide bonds. The van der Waals surface area contributed by atoms with Crippen molar-refractivity contribution in [2.24, 2.45) is 5.92 Å². The van der Waals surface area contributed by atoms with E-state index in [0.717, 1.165) is 25.9 Å². The second kappa shape index (κ2) is 4.31. The maximum atomic E-state index is 11.5. The Balaban J connectivity index is 1.74. The maximum Gasteiger partial charge on any atom is 0.234 e. The van der Waals surface area contributed by atoms with E-state index in [1.54, 1.807) is 0 Å². The Hall–Kier alpha value is -0.900. The van der Waals surface area contributed by atoms with E-state index in [2.05, 4.69) is 10.2 Å². The van der Waals surface area contributed by atoms with E-state index in [0.29, 0.717) is 24.8 Å². The Morgan fingerprint density at radius 3 is 2.87 bits per heavy atom. The van der Waals surface area contributed by atoms with Crippen molar-refractivity contribution in [3.05, 3.63) is 0 Å². The Morgan fingerprint density at radius 1 is 1.53 bits per heavy atom. The first-order valence-corrected chi connectivity index (χ1v) is 5.69. The van der Waals surface area contributed by atoms with Crippen molar-refractivity contribution in [2.45, 2.75) is 32.2 Å². The molecule has 2 rings (SSSR count). The summed E-state index contributed by atoms with van der Waals surface area (Å²) in [6, 6.07) is 0.432. The predicted octanol–water partition coefficient (Wildman–Crippen LogP) is 0.176. The molecule has 4 nitrogen and oxygen atoms in total. The molecule has 1 heterocycles. The van der Waals surface area contributed by atoms with Crippen LogP contribution in [0.2, 0.25) is 0 Å². The van der Waals surface area contributed by atoms with Gasteiger partial charge in [-0.25, -0.2) is 0 Å². The minimum absolute atomic E-state index is 0.0903. The van der Waals surface area contributed by atoms with Crippen LogP contribution in [0.3, 0.4) is 0 Å². The van der Waals surface area contributed by atoms with Gasteiger partial charge in [-0.2, -0.15) is 0 Å². The van der Waals surface area contributed by atoms with E-state index in [4.69, 9.17) is 0 Å². The fourth-order valence-corrected chi connectivity index (χ4v) is 1.94. The van der Waals surface area contributed by atoms with Gasteiger partial charge in [0.25, 0.3) is 0 Å². The standard InChI is InChI=1S/C11H18N2O2/c1-8-6-13(5-4-10(8)14)7-11(15)12-9-2-3-9/h8-9H,2-7H2,1H3,(H,12,15). The molecule has 1 atom stereocenters. The Bertz CT molecular complexity index is 274. The summed E-state index contributed by atoms with van der Waals surface area (Å²) in [5.41, 5.74) is 0. The Morgan fingerprint density at radius 2 is 2.27 bits per heavy atom. The zero-order chi connectivity index (χ0) is 10.8. The molecule has 2 fully saturated rings. The number of nitrogens with zero attached hydrogens (tertiary/aromatic N) is 1. The highest BCUT2D eigenvalue weighted by Gasteiger charge is 2.27. The second-order valence-corrected chi connectivity index (χ2v) is 4.69. The molecule has 1 unspecified atom stereocenters. The molecule has 15 heavy (non-hydrogen) atoms. The van der Waals surface area contributed by atoms with Crippen molar-refractivity contribution in [3.63, 3.8) is 0 Å². The molecule has 4 heteroatoms. The van der Waals surface area contributed by atoms with Crippen molar-refractivity contribution >= 4 is 11.7 Å². The lowest BCUT2D eigenvalue weighted by Gasteiger charge is -2.29. The van der Waals surface area contributed by atoms with Gasteiger partial charge >= 0.3 is 0 Å². The third-order valence-electron chi connectivity index (χ3n) is 3.07. The summed E-state index contributed by atoms with van der Waals surface area (Å²) in [6.45, 7) is 3.86. The van der Waals surface area contributed by atoms with Crippen LogP contribution in [0.4, 0.5) is 0 Å². The number of hydrogen-bond acceptors (Lipinski definition) is 3. The van der Waals surface area contributed by atoms with Crippen molar-refractivity contribution in [3.8, 4) is 0 Å². The van der Waals surface area contributed by atoms with E-state index < -0.39 is 0 Å². The molecule has 0 bridgehead atoms. The van der Waals surface area contributed by atoms with Crippen molar-refractivity contribution in [1.82, 2.24) is 10.2 Å². The van der Waals surface area contributed by atoms with E-state index in [-0.39, 0.29) is 11.8 Å². The van der Waals surface area contributed by atoms with Crippen LogP contribution in [0, 0.1) is 5.92 Å². The first-order valence-electron chi connectivity index (χ1n) is 5.69. The highest BCUT2D eigenvalue weighted by molar-refractivity contribution is 5.82. The first kappa shape index (κ1) is 10.6. The van der Waals surface area contributed by atoms with Crippen LogP contribution in [0.5, 0.6) is 0 Å². The molecule has 1 N–H and O–H groups in total. The van der Waals surface area contributed by atoms with Gasteiger partial charge in [0.05, 0.1) is 6.54 Å². The highest BCUT2D eigenvalue weighted by Crippen LogP contribution is 2.18. The molecule has 1 aliphatic carbocycles. The number of hydrogen-bond donors (Lipinski definition) is 1. The average Bonchev–Trinajstić information content (AvgIpc) is 2.95. The minimum Gasteiger partial charge on any atom is -0.352 e. The van der Waals surface area contributed by atoms with Gasteiger partial charge in [0, 0.05) is 31.5 Å². The molecular weight excluding hydrogens is 192 g/mol. The summed E-state index contributed by atoms with van der Waals surface area (Å²) in [4.78, 5) is 24.9. The van der Waals surface area contributed by atoms with Crippen LogP contribution in [-0.4, -0.2) is 42.3 Å². The quantitative estimate of drug-likeness (QED) is 0.722. The molecule has 0 spiro atoms. The molecule has 84 valence electrons. The van der Waals surface area contributed by atoms with Gasteiger partial charge in [0.15, 0.2) is 0 Å². The SMILES string of the molecule is CC1CN(CC(=O)NC2CC2)CCC1=O. The van der Waals surface area contributed by atoms with Crippen LogP contribution < -0.4 is 5.32 Å². The van der Waals surface area contributed by atoms with Gasteiger partial charge in [-0.3, -0.25) is 14.5 Å². The summed E-state index contributed by atoms with van der Waals surface area (Å²) in [6.07, 6.45) is 2.85. The molecule has 0 aromatic heterocycles. The molecular formula is C11H18N2O2. The van der Waals surface area contributed by atoms with Crippen LogP contribution in [0.25, 0.3) is 0 Å². The summed E-state index contributed by atoms with van der Waals surface area (Å²) in [7, 11) is 0. The van der Waals surface area contributed by atoms with Crippen molar-refractivity contribution < 1.29 is 9.59 Å². The minimum atomic E-state index is 0.0903. The van der Waals surface area contributed by atoms with Gasteiger partial charge < -0.3 is 5.32 Å². The van der Waals surface area contributed by atoms with E-state index in [1.165, 1.54) is 0 Å². The van der Waals surface area contributed by atoms with Gasteiger partial charge in [0.2, 0.25) is 5.91 Å². The summed E-state index contributed by atoms with van der Waals surface area (Å²) < 4.78 is 0. The zero-order valence-electron chi connectivity index (χ0n) is 9.16. The number of carbonyl (C=O) groups is 2. The summed E-state index contributed by atoms with van der Waals surface area (Å²) in [5.74, 6) is 0.528. The molecule has 1 aliphatic heterocycles.